The van der Waals surface area contributed by atoms with Crippen LogP contribution in [0.15, 0.2) is 18.2 Å². The maximum absolute atomic E-state index is 11.8. The van der Waals surface area contributed by atoms with Gasteiger partial charge in [-0.1, -0.05) is 13.8 Å². The van der Waals surface area contributed by atoms with Gasteiger partial charge >= 0.3 is 6.03 Å². The fourth-order valence-electron chi connectivity index (χ4n) is 1.72. The average Bonchev–Trinajstić information content (AvgIpc) is 2.44. The lowest BCUT2D eigenvalue weighted by atomic mass is 10.2. The number of hydrogen-bond acceptors (Lipinski definition) is 3. The molecule has 0 unspecified atom stereocenters. The van der Waals surface area contributed by atoms with Crippen LogP contribution in [0.25, 0.3) is 0 Å². The zero-order valence-electron chi connectivity index (χ0n) is 11.9. The van der Waals surface area contributed by atoms with E-state index in [1.54, 1.807) is 32.4 Å². The molecule has 0 spiro atoms. The van der Waals surface area contributed by atoms with E-state index in [4.69, 9.17) is 9.47 Å². The van der Waals surface area contributed by atoms with Crippen molar-refractivity contribution in [3.8, 4) is 11.5 Å². The van der Waals surface area contributed by atoms with E-state index in [0.29, 0.717) is 17.2 Å². The number of nitrogens with one attached hydrogen (secondary N) is 2. The minimum absolute atomic E-state index is 0.188. The maximum Gasteiger partial charge on any atom is 0.319 e. The first-order valence-corrected chi connectivity index (χ1v) is 6.43. The third kappa shape index (κ3) is 4.69. The van der Waals surface area contributed by atoms with Gasteiger partial charge in [0.25, 0.3) is 0 Å². The van der Waals surface area contributed by atoms with Crippen molar-refractivity contribution in [2.24, 2.45) is 0 Å². The van der Waals surface area contributed by atoms with Crippen molar-refractivity contribution in [1.29, 1.82) is 0 Å². The van der Waals surface area contributed by atoms with Crippen LogP contribution in [-0.4, -0.2) is 26.3 Å². The van der Waals surface area contributed by atoms with Crippen molar-refractivity contribution in [3.63, 3.8) is 0 Å². The maximum atomic E-state index is 11.8. The summed E-state index contributed by atoms with van der Waals surface area (Å²) in [6.07, 6.45) is 1.82. The van der Waals surface area contributed by atoms with E-state index in [-0.39, 0.29) is 12.1 Å². The van der Waals surface area contributed by atoms with Crippen LogP contribution < -0.4 is 20.1 Å². The number of amides is 2. The molecule has 5 heteroatoms. The van der Waals surface area contributed by atoms with Gasteiger partial charge in [-0.05, 0) is 12.8 Å². The number of benzene rings is 1. The Labute approximate surface area is 114 Å². The Balaban J connectivity index is 2.72. The van der Waals surface area contributed by atoms with Crippen molar-refractivity contribution in [3.05, 3.63) is 18.2 Å². The van der Waals surface area contributed by atoms with Gasteiger partial charge in [-0.2, -0.15) is 0 Å². The highest BCUT2D eigenvalue weighted by Crippen LogP contribution is 2.25. The fourth-order valence-corrected chi connectivity index (χ4v) is 1.72. The second kappa shape index (κ2) is 7.51. The van der Waals surface area contributed by atoms with Gasteiger partial charge in [0, 0.05) is 29.9 Å². The van der Waals surface area contributed by atoms with E-state index in [0.717, 1.165) is 12.8 Å². The summed E-state index contributed by atoms with van der Waals surface area (Å²) in [7, 11) is 3.14. The minimum Gasteiger partial charge on any atom is -0.497 e. The predicted molar refractivity (Wildman–Crippen MR) is 76.1 cm³/mol. The molecular formula is C14H22N2O3. The number of hydrogen-bond donors (Lipinski definition) is 2. The Morgan fingerprint density at radius 1 is 1.11 bits per heavy atom. The van der Waals surface area contributed by atoms with Crippen molar-refractivity contribution in [1.82, 2.24) is 5.32 Å². The van der Waals surface area contributed by atoms with Crippen molar-refractivity contribution in [2.75, 3.05) is 19.5 Å². The number of methoxy groups -OCH3 is 2. The van der Waals surface area contributed by atoms with E-state index in [2.05, 4.69) is 10.6 Å². The number of carbonyl (C=O) groups excluding carboxylic acids is 1. The monoisotopic (exact) mass is 266 g/mol. The van der Waals surface area contributed by atoms with Crippen LogP contribution in [0.2, 0.25) is 0 Å². The summed E-state index contributed by atoms with van der Waals surface area (Å²) in [4.78, 5) is 11.8. The molecule has 1 rings (SSSR count). The number of rotatable bonds is 6. The van der Waals surface area contributed by atoms with Gasteiger partial charge in [-0.3, -0.25) is 0 Å². The third-order valence-electron chi connectivity index (χ3n) is 2.93. The summed E-state index contributed by atoms with van der Waals surface area (Å²) < 4.78 is 10.3. The first-order valence-electron chi connectivity index (χ1n) is 6.43. The normalized spacial score (nSPS) is 10.2. The molecule has 2 N–H and O–H groups in total. The van der Waals surface area contributed by atoms with Gasteiger partial charge in [0.15, 0.2) is 0 Å². The fraction of sp³-hybridized carbons (Fsp3) is 0.500. The molecule has 5 nitrogen and oxygen atoms in total. The van der Waals surface area contributed by atoms with Gasteiger partial charge < -0.3 is 20.1 Å². The Morgan fingerprint density at radius 3 is 2.05 bits per heavy atom. The van der Waals surface area contributed by atoms with Gasteiger partial charge in [-0.25, -0.2) is 4.79 Å². The predicted octanol–water partition coefficient (Wildman–Crippen LogP) is 3.01. The van der Waals surface area contributed by atoms with Gasteiger partial charge in [-0.15, -0.1) is 0 Å². The molecule has 106 valence electrons. The molecule has 0 radical (unpaired) electrons. The van der Waals surface area contributed by atoms with Crippen LogP contribution in [0.3, 0.4) is 0 Å². The number of carbonyl (C=O) groups is 1. The quantitative estimate of drug-likeness (QED) is 0.832. The second-order valence-electron chi connectivity index (χ2n) is 4.21. The SMILES string of the molecule is CCC(CC)NC(=O)Nc1cc(OC)cc(OC)c1. The molecule has 2 amide bonds. The van der Waals surface area contributed by atoms with Crippen molar-refractivity contribution < 1.29 is 14.3 Å². The van der Waals surface area contributed by atoms with E-state index < -0.39 is 0 Å². The highest BCUT2D eigenvalue weighted by atomic mass is 16.5. The van der Waals surface area contributed by atoms with Crippen LogP contribution >= 0.6 is 0 Å². The molecule has 1 aromatic carbocycles. The molecule has 0 aliphatic heterocycles. The van der Waals surface area contributed by atoms with E-state index in [9.17, 15) is 4.79 Å². The van der Waals surface area contributed by atoms with Crippen LogP contribution in [-0.2, 0) is 0 Å². The first kappa shape index (κ1) is 15.1. The van der Waals surface area contributed by atoms with Crippen molar-refractivity contribution >= 4 is 11.7 Å². The van der Waals surface area contributed by atoms with E-state index >= 15 is 0 Å². The summed E-state index contributed by atoms with van der Waals surface area (Å²) in [6.45, 7) is 4.09. The summed E-state index contributed by atoms with van der Waals surface area (Å²) >= 11 is 0. The highest BCUT2D eigenvalue weighted by Gasteiger charge is 2.09. The van der Waals surface area contributed by atoms with Crippen LogP contribution in [0.1, 0.15) is 26.7 Å². The summed E-state index contributed by atoms with van der Waals surface area (Å²) in [5.74, 6) is 1.27. The molecular weight excluding hydrogens is 244 g/mol. The molecule has 0 aliphatic rings. The summed E-state index contributed by atoms with van der Waals surface area (Å²) in [6, 6.07) is 5.21. The largest absolute Gasteiger partial charge is 0.497 e. The Bertz CT molecular complexity index is 395. The lowest BCUT2D eigenvalue weighted by Gasteiger charge is -2.16. The summed E-state index contributed by atoms with van der Waals surface area (Å²) in [5.41, 5.74) is 0.639. The van der Waals surface area contributed by atoms with Gasteiger partial charge in [0.05, 0.1) is 14.2 Å². The Kier molecular flexibility index (Phi) is 5.99. The standard InChI is InChI=1S/C14H22N2O3/c1-5-10(6-2)15-14(17)16-11-7-12(18-3)9-13(8-11)19-4/h7-10H,5-6H2,1-4H3,(H2,15,16,17). The third-order valence-corrected chi connectivity index (χ3v) is 2.93. The van der Waals surface area contributed by atoms with Crippen LogP contribution in [0.5, 0.6) is 11.5 Å². The van der Waals surface area contributed by atoms with Crippen molar-refractivity contribution in [2.45, 2.75) is 32.7 Å². The average molecular weight is 266 g/mol. The molecule has 0 heterocycles. The number of anilines is 1. The molecule has 1 aromatic rings. The highest BCUT2D eigenvalue weighted by molar-refractivity contribution is 5.89. The Morgan fingerprint density at radius 2 is 1.63 bits per heavy atom. The minimum atomic E-state index is -0.219. The van der Waals surface area contributed by atoms with E-state index in [1.807, 2.05) is 13.8 Å². The molecule has 0 saturated carbocycles. The molecule has 19 heavy (non-hydrogen) atoms. The molecule has 0 aliphatic carbocycles. The molecule has 0 saturated heterocycles. The smallest absolute Gasteiger partial charge is 0.319 e. The molecule has 0 fully saturated rings. The Hall–Kier alpha value is -1.91. The van der Waals surface area contributed by atoms with Crippen LogP contribution in [0.4, 0.5) is 10.5 Å². The molecule has 0 atom stereocenters. The number of urea groups is 1. The second-order valence-corrected chi connectivity index (χ2v) is 4.21. The topological polar surface area (TPSA) is 59.6 Å². The first-order chi connectivity index (χ1) is 9.12. The lowest BCUT2D eigenvalue weighted by molar-refractivity contribution is 0.247. The van der Waals surface area contributed by atoms with Gasteiger partial charge in [0.2, 0.25) is 0 Å². The molecule has 0 bridgehead atoms. The van der Waals surface area contributed by atoms with Crippen LogP contribution in [0, 0.1) is 0 Å². The van der Waals surface area contributed by atoms with Gasteiger partial charge in [0.1, 0.15) is 11.5 Å². The van der Waals surface area contributed by atoms with E-state index in [1.165, 1.54) is 0 Å². The zero-order valence-corrected chi connectivity index (χ0v) is 11.9. The summed E-state index contributed by atoms with van der Waals surface area (Å²) in [5, 5.41) is 5.69. The number of ether oxygens (including phenoxy) is 2. The molecule has 0 aromatic heterocycles. The lowest BCUT2D eigenvalue weighted by Crippen LogP contribution is -2.37. The zero-order chi connectivity index (χ0) is 14.3.